The van der Waals surface area contributed by atoms with Gasteiger partial charge in [-0.3, -0.25) is 4.79 Å². The predicted octanol–water partition coefficient (Wildman–Crippen LogP) is 6.92. The lowest BCUT2D eigenvalue weighted by Crippen LogP contribution is -2.25. The molecular formula is C26H30BrNO3S. The molecule has 0 saturated heterocycles. The molecule has 3 aromatic rings. The molecule has 0 unspecified atom stereocenters. The number of benzene rings is 2. The maximum atomic E-state index is 12.5. The molecule has 2 aromatic carbocycles. The maximum Gasteiger partial charge on any atom is 0.287 e. The number of carbonyl (C=O) groups is 1. The molecule has 6 heteroatoms. The molecular weight excluding hydrogens is 486 g/mol. The van der Waals surface area contributed by atoms with Gasteiger partial charge in [0.05, 0.1) is 17.3 Å². The summed E-state index contributed by atoms with van der Waals surface area (Å²) in [6, 6.07) is 16.2. The highest BCUT2D eigenvalue weighted by atomic mass is 79.9. The largest absolute Gasteiger partial charge is 0.496 e. The second-order valence-corrected chi connectivity index (χ2v) is 10.6. The van der Waals surface area contributed by atoms with E-state index in [0.29, 0.717) is 18.1 Å². The van der Waals surface area contributed by atoms with E-state index in [0.717, 1.165) is 28.0 Å². The molecule has 0 spiro atoms. The Morgan fingerprint density at radius 3 is 2.59 bits per heavy atom. The first-order chi connectivity index (χ1) is 15.2. The molecule has 0 aliphatic carbocycles. The van der Waals surface area contributed by atoms with Crippen molar-refractivity contribution in [3.05, 3.63) is 81.2 Å². The molecule has 4 nitrogen and oxygen atoms in total. The molecule has 170 valence electrons. The molecule has 1 amide bonds. The molecule has 1 heterocycles. The number of ether oxygens (including phenoxy) is 1. The number of furan rings is 1. The van der Waals surface area contributed by atoms with Crippen LogP contribution >= 0.6 is 27.7 Å². The average molecular weight is 517 g/mol. The van der Waals surface area contributed by atoms with E-state index in [9.17, 15) is 4.79 Å². The van der Waals surface area contributed by atoms with E-state index in [1.165, 1.54) is 16.0 Å². The molecule has 0 aliphatic heterocycles. The minimum Gasteiger partial charge on any atom is -0.496 e. The highest BCUT2D eigenvalue weighted by molar-refractivity contribution is 9.10. The van der Waals surface area contributed by atoms with Gasteiger partial charge >= 0.3 is 0 Å². The van der Waals surface area contributed by atoms with Crippen molar-refractivity contribution in [2.45, 2.75) is 50.2 Å². The van der Waals surface area contributed by atoms with Crippen LogP contribution in [0.5, 0.6) is 5.75 Å². The highest BCUT2D eigenvalue weighted by Crippen LogP contribution is 2.32. The van der Waals surface area contributed by atoms with Gasteiger partial charge in [-0.15, -0.1) is 11.8 Å². The van der Waals surface area contributed by atoms with Gasteiger partial charge in [0.1, 0.15) is 11.5 Å². The van der Waals surface area contributed by atoms with Crippen molar-refractivity contribution < 1.29 is 13.9 Å². The Kier molecular flexibility index (Phi) is 8.12. The number of halogens is 1. The first-order valence-corrected chi connectivity index (χ1v) is 12.4. The van der Waals surface area contributed by atoms with Crippen LogP contribution in [0.15, 0.2) is 62.3 Å². The molecule has 0 atom stereocenters. The lowest BCUT2D eigenvalue weighted by Gasteiger charge is -2.20. The van der Waals surface area contributed by atoms with Crippen molar-refractivity contribution in [1.29, 1.82) is 0 Å². The molecule has 3 rings (SSSR count). The van der Waals surface area contributed by atoms with Gasteiger partial charge in [-0.25, -0.2) is 0 Å². The average Bonchev–Trinajstić information content (AvgIpc) is 3.21. The zero-order chi connectivity index (χ0) is 23.3. The van der Waals surface area contributed by atoms with Crippen LogP contribution in [0.3, 0.4) is 0 Å². The lowest BCUT2D eigenvalue weighted by atomic mass is 9.87. The van der Waals surface area contributed by atoms with Crippen LogP contribution in [0.2, 0.25) is 0 Å². The number of rotatable bonds is 8. The van der Waals surface area contributed by atoms with Gasteiger partial charge in [0, 0.05) is 11.4 Å². The summed E-state index contributed by atoms with van der Waals surface area (Å²) in [6.07, 6.45) is 0.723. The van der Waals surface area contributed by atoms with Crippen molar-refractivity contribution in [3.8, 4) is 5.75 Å². The van der Waals surface area contributed by atoms with Gasteiger partial charge in [-0.2, -0.15) is 0 Å². The number of hydrogen-bond donors (Lipinski definition) is 1. The quantitative estimate of drug-likeness (QED) is 0.330. The normalized spacial score (nSPS) is 11.4. The van der Waals surface area contributed by atoms with Crippen molar-refractivity contribution >= 4 is 33.6 Å². The third-order valence-electron chi connectivity index (χ3n) is 5.22. The van der Waals surface area contributed by atoms with E-state index in [-0.39, 0.29) is 11.3 Å². The topological polar surface area (TPSA) is 51.5 Å². The Balaban J connectivity index is 1.53. The lowest BCUT2D eigenvalue weighted by molar-refractivity contribution is 0.0925. The summed E-state index contributed by atoms with van der Waals surface area (Å²) in [5.41, 5.74) is 3.79. The Labute approximate surface area is 203 Å². The first-order valence-electron chi connectivity index (χ1n) is 10.6. The summed E-state index contributed by atoms with van der Waals surface area (Å²) < 4.78 is 12.0. The summed E-state index contributed by atoms with van der Waals surface area (Å²) in [7, 11) is 1.64. The summed E-state index contributed by atoms with van der Waals surface area (Å²) in [5, 5.41) is 2.93. The van der Waals surface area contributed by atoms with E-state index in [2.05, 4.69) is 67.1 Å². The fourth-order valence-corrected chi connectivity index (χ4v) is 4.77. The fraction of sp³-hybridized carbons (Fsp3) is 0.346. The van der Waals surface area contributed by atoms with Gasteiger partial charge < -0.3 is 14.5 Å². The van der Waals surface area contributed by atoms with Gasteiger partial charge in [0.15, 0.2) is 5.76 Å². The van der Waals surface area contributed by atoms with Gasteiger partial charge in [0.2, 0.25) is 0 Å². The zero-order valence-corrected chi connectivity index (χ0v) is 21.7. The molecule has 1 N–H and O–H groups in total. The number of thioether (sulfide) groups is 1. The van der Waals surface area contributed by atoms with Crippen LogP contribution in [-0.4, -0.2) is 19.6 Å². The van der Waals surface area contributed by atoms with Gasteiger partial charge in [0.25, 0.3) is 5.91 Å². The van der Waals surface area contributed by atoms with Crippen molar-refractivity contribution in [3.63, 3.8) is 0 Å². The van der Waals surface area contributed by atoms with E-state index in [1.54, 1.807) is 24.9 Å². The second kappa shape index (κ2) is 10.6. The van der Waals surface area contributed by atoms with E-state index < -0.39 is 0 Å². The molecule has 1 aromatic heterocycles. The number of aryl methyl sites for hydroxylation is 1. The number of nitrogens with one attached hydrogen (secondary N) is 1. The minimum absolute atomic E-state index is 0.112. The van der Waals surface area contributed by atoms with Crippen molar-refractivity contribution in [2.75, 3.05) is 13.7 Å². The molecule has 0 aliphatic rings. The third kappa shape index (κ3) is 6.42. The minimum atomic E-state index is -0.195. The van der Waals surface area contributed by atoms with E-state index in [4.69, 9.17) is 9.15 Å². The van der Waals surface area contributed by atoms with Gasteiger partial charge in [-0.1, -0.05) is 39.0 Å². The molecule has 0 fully saturated rings. The summed E-state index contributed by atoms with van der Waals surface area (Å²) in [4.78, 5) is 13.7. The van der Waals surface area contributed by atoms with Crippen LogP contribution < -0.4 is 10.1 Å². The summed E-state index contributed by atoms with van der Waals surface area (Å²) in [6.45, 7) is 9.31. The summed E-state index contributed by atoms with van der Waals surface area (Å²) in [5.74, 6) is 2.41. The van der Waals surface area contributed by atoms with Gasteiger partial charge in [-0.05, 0) is 81.7 Å². The van der Waals surface area contributed by atoms with Crippen LogP contribution in [-0.2, 0) is 17.6 Å². The SMILES string of the molecule is COc1ccc(CCNC(=O)c2ccc(CSc3cc(C(C)(C)C)ccc3C)o2)cc1Br. The highest BCUT2D eigenvalue weighted by Gasteiger charge is 2.16. The number of amides is 1. The second-order valence-electron chi connectivity index (χ2n) is 8.76. The monoisotopic (exact) mass is 515 g/mol. The molecule has 0 bridgehead atoms. The maximum absolute atomic E-state index is 12.5. The Morgan fingerprint density at radius 2 is 1.91 bits per heavy atom. The molecule has 0 saturated carbocycles. The Morgan fingerprint density at radius 1 is 1.12 bits per heavy atom. The Hall–Kier alpha value is -2.18. The van der Waals surface area contributed by atoms with Crippen molar-refractivity contribution in [2.24, 2.45) is 0 Å². The fourth-order valence-electron chi connectivity index (χ4n) is 3.22. The van der Waals surface area contributed by atoms with Crippen LogP contribution in [0.1, 0.15) is 53.8 Å². The number of carbonyl (C=O) groups excluding carboxylic acids is 1. The first kappa shape index (κ1) is 24.5. The predicted molar refractivity (Wildman–Crippen MR) is 135 cm³/mol. The number of hydrogen-bond acceptors (Lipinski definition) is 4. The van der Waals surface area contributed by atoms with Crippen LogP contribution in [0, 0.1) is 6.92 Å². The van der Waals surface area contributed by atoms with Crippen LogP contribution in [0.4, 0.5) is 0 Å². The standard InChI is InChI=1S/C26H30BrNO3S/c1-17-6-8-19(26(2,3)4)15-24(17)32-16-20-9-11-23(31-20)25(29)28-13-12-18-7-10-22(30-5)21(27)14-18/h6-11,14-15H,12-13,16H2,1-5H3,(H,28,29). The van der Waals surface area contributed by atoms with E-state index in [1.807, 2.05) is 24.3 Å². The summed E-state index contributed by atoms with van der Waals surface area (Å²) >= 11 is 5.22. The zero-order valence-electron chi connectivity index (χ0n) is 19.3. The van der Waals surface area contributed by atoms with Crippen molar-refractivity contribution in [1.82, 2.24) is 5.32 Å². The van der Waals surface area contributed by atoms with Crippen LogP contribution in [0.25, 0.3) is 0 Å². The smallest absolute Gasteiger partial charge is 0.287 e. The molecule has 0 radical (unpaired) electrons. The van der Waals surface area contributed by atoms with E-state index >= 15 is 0 Å². The molecule has 32 heavy (non-hydrogen) atoms. The third-order valence-corrected chi connectivity index (χ3v) is 7.02. The number of methoxy groups -OCH3 is 1. The Bertz CT molecular complexity index is 1080.